The molecule has 3 fully saturated rings. The largest absolute Gasteiger partial charge is 0.394 e. The molecule has 34 nitrogen and oxygen atoms in total. The molecule has 3 aliphatic rings. The van der Waals surface area contributed by atoms with E-state index in [9.17, 15) is 74.7 Å². The molecule has 0 bridgehead atoms. The number of benzene rings is 1. The van der Waals surface area contributed by atoms with Crippen LogP contribution in [0.1, 0.15) is 52.7 Å². The van der Waals surface area contributed by atoms with Gasteiger partial charge in [-0.25, -0.2) is 0 Å². The molecule has 0 aromatic heterocycles. The van der Waals surface area contributed by atoms with Crippen molar-refractivity contribution in [3.05, 3.63) is 35.4 Å². The van der Waals surface area contributed by atoms with Gasteiger partial charge in [-0.05, 0) is 29.4 Å². The molecule has 0 radical (unpaired) electrons. The highest BCUT2D eigenvalue weighted by Crippen LogP contribution is 2.26. The van der Waals surface area contributed by atoms with Crippen LogP contribution in [0.15, 0.2) is 24.3 Å². The van der Waals surface area contributed by atoms with Gasteiger partial charge in [0.15, 0.2) is 18.9 Å². The molecule has 3 heterocycles. The Kier molecular flexibility index (Phi) is 38.3. The molecule has 1 aromatic carbocycles. The third-order valence-corrected chi connectivity index (χ3v) is 14.7. The van der Waals surface area contributed by atoms with Crippen LogP contribution in [-0.2, 0) is 98.5 Å². The van der Waals surface area contributed by atoms with Gasteiger partial charge in [0.2, 0.25) is 35.4 Å². The fourth-order valence-corrected chi connectivity index (χ4v) is 10.1. The summed E-state index contributed by atoms with van der Waals surface area (Å²) < 4.78 is 67.4. The minimum Gasteiger partial charge on any atom is -0.394 e. The molecule has 0 spiro atoms. The molecule has 540 valence electrons. The van der Waals surface area contributed by atoms with Gasteiger partial charge in [0.05, 0.1) is 138 Å². The second-order valence-electron chi connectivity index (χ2n) is 23.8. The number of carbonyl (C=O) groups excluding carboxylic acids is 6. The van der Waals surface area contributed by atoms with Crippen molar-refractivity contribution in [1.82, 2.24) is 36.8 Å². The third kappa shape index (κ3) is 29.9. The highest BCUT2D eigenvalue weighted by atomic mass is 16.7. The maximum absolute atomic E-state index is 14.4. The SMILES string of the molecule is CC(=O)NC1C(OCCOCCOCCNC(=O)CN(CC(=O)NCCOCCOCCOC2OC(CO)C(O)C(O)C2NC(C)=O)C(Cc2ccc(CC(C)(C)C)cc2)C(=O)NCCOCCOCCOC2OC(CO)C(O)C(O)C2NC(C)=O)OC(CO)C(O)C1O. The molecule has 16 unspecified atom stereocenters. The summed E-state index contributed by atoms with van der Waals surface area (Å²) in [6, 6.07) is 3.35. The lowest BCUT2D eigenvalue weighted by Gasteiger charge is -2.42. The molecule has 6 amide bonds. The number of aliphatic hydroxyl groups is 9. The van der Waals surface area contributed by atoms with E-state index in [1.165, 1.54) is 25.7 Å². The molecule has 4 rings (SSSR count). The van der Waals surface area contributed by atoms with E-state index in [1.54, 1.807) is 0 Å². The summed E-state index contributed by atoms with van der Waals surface area (Å²) in [7, 11) is 0. The average molecular weight is 1350 g/mol. The number of nitrogens with one attached hydrogen (secondary N) is 6. The fraction of sp³-hybridized carbons (Fsp3) is 0.800. The summed E-state index contributed by atoms with van der Waals surface area (Å²) in [5.41, 5.74) is 1.82. The normalized spacial score (nSPS) is 26.7. The summed E-state index contributed by atoms with van der Waals surface area (Å²) >= 11 is 0. The van der Waals surface area contributed by atoms with Crippen LogP contribution in [0.25, 0.3) is 0 Å². The van der Waals surface area contributed by atoms with Crippen LogP contribution in [0.3, 0.4) is 0 Å². The standard InChI is InChI=1S/C60H103N7O27/c1-36(71)64-47-53(79)50(76)42(33-68)92-57(47)89-26-23-86-20-17-83-14-11-61-45(74)31-67(32-46(75)62-12-15-84-18-21-87-24-27-90-58-48(65-37(2)72)54(80)51(77)43(34-69)93-58)41(29-39-7-9-40(10-8-39)30-60(4,5)6)56(82)63-13-16-85-19-22-88-25-28-91-59-49(66-38(3)73)55(81)52(78)44(35-70)94-59/h7-10,41-44,47-55,57-59,68-70,76-81H,11-35H2,1-6H3,(H,61,74)(H,62,75)(H,63,82)(H,64,71)(H,65,72)(H,66,73). The average Bonchev–Trinajstić information content (AvgIpc) is 0.912. The second-order valence-corrected chi connectivity index (χ2v) is 23.8. The molecular formula is C60H103N7O27. The van der Waals surface area contributed by atoms with Crippen LogP contribution >= 0.6 is 0 Å². The number of ether oxygens (including phenoxy) is 12. The van der Waals surface area contributed by atoms with Gasteiger partial charge in [0, 0.05) is 40.4 Å². The van der Waals surface area contributed by atoms with Crippen molar-refractivity contribution in [2.24, 2.45) is 5.41 Å². The predicted molar refractivity (Wildman–Crippen MR) is 327 cm³/mol. The zero-order chi connectivity index (χ0) is 69.2. The number of rotatable bonds is 45. The van der Waals surface area contributed by atoms with Crippen molar-refractivity contribution in [2.75, 3.05) is 152 Å². The van der Waals surface area contributed by atoms with Crippen LogP contribution in [0.2, 0.25) is 0 Å². The summed E-state index contributed by atoms with van der Waals surface area (Å²) in [6.45, 7) is 8.36. The lowest BCUT2D eigenvalue weighted by atomic mass is 9.87. The zero-order valence-electron chi connectivity index (χ0n) is 54.5. The molecule has 3 saturated heterocycles. The first kappa shape index (κ1) is 81.6. The molecule has 0 aliphatic carbocycles. The first-order valence-electron chi connectivity index (χ1n) is 31.5. The van der Waals surface area contributed by atoms with Crippen LogP contribution in [0.4, 0.5) is 0 Å². The molecule has 16 atom stereocenters. The van der Waals surface area contributed by atoms with E-state index >= 15 is 0 Å². The smallest absolute Gasteiger partial charge is 0.237 e. The van der Waals surface area contributed by atoms with Gasteiger partial charge in [-0.15, -0.1) is 0 Å². The monoisotopic (exact) mass is 1350 g/mol. The Hall–Kier alpha value is -4.84. The number of nitrogens with zero attached hydrogens (tertiary/aromatic N) is 1. The fourth-order valence-electron chi connectivity index (χ4n) is 10.1. The Balaban J connectivity index is 1.32. The maximum Gasteiger partial charge on any atom is 0.237 e. The number of carbonyl (C=O) groups is 6. The number of amides is 6. The number of hydrogen-bond acceptors (Lipinski definition) is 28. The maximum atomic E-state index is 14.4. The number of hydrogen-bond donors (Lipinski definition) is 15. The molecule has 94 heavy (non-hydrogen) atoms. The lowest BCUT2D eigenvalue weighted by Crippen LogP contribution is -2.64. The van der Waals surface area contributed by atoms with Crippen LogP contribution in [-0.4, -0.2) is 336 Å². The van der Waals surface area contributed by atoms with Gasteiger partial charge in [-0.3, -0.25) is 33.7 Å². The summed E-state index contributed by atoms with van der Waals surface area (Å²) in [5, 5.41) is 107. The summed E-state index contributed by atoms with van der Waals surface area (Å²) in [5.74, 6) is -3.04. The van der Waals surface area contributed by atoms with E-state index in [0.29, 0.717) is 0 Å². The molecular weight excluding hydrogens is 1250 g/mol. The van der Waals surface area contributed by atoms with Crippen molar-refractivity contribution in [3.8, 4) is 0 Å². The lowest BCUT2D eigenvalue weighted by molar-refractivity contribution is -0.272. The van der Waals surface area contributed by atoms with Crippen molar-refractivity contribution in [2.45, 2.75) is 152 Å². The summed E-state index contributed by atoms with van der Waals surface area (Å²) in [4.78, 5) is 78.5. The highest BCUT2D eigenvalue weighted by Gasteiger charge is 2.48. The third-order valence-electron chi connectivity index (χ3n) is 14.7. The Morgan fingerprint density at radius 2 is 0.745 bits per heavy atom. The quantitative estimate of drug-likeness (QED) is 0.0270. The van der Waals surface area contributed by atoms with Gasteiger partial charge >= 0.3 is 0 Å². The van der Waals surface area contributed by atoms with Crippen molar-refractivity contribution in [3.63, 3.8) is 0 Å². The van der Waals surface area contributed by atoms with Gasteiger partial charge in [-0.1, -0.05) is 45.0 Å². The van der Waals surface area contributed by atoms with E-state index in [2.05, 4.69) is 52.7 Å². The Bertz CT molecular complexity index is 2270. The van der Waals surface area contributed by atoms with E-state index in [1.807, 2.05) is 24.3 Å². The van der Waals surface area contributed by atoms with E-state index in [0.717, 1.165) is 17.5 Å². The van der Waals surface area contributed by atoms with Crippen molar-refractivity contribution < 1.29 is 132 Å². The molecule has 15 N–H and O–H groups in total. The van der Waals surface area contributed by atoms with Gasteiger partial charge in [-0.2, -0.15) is 0 Å². The van der Waals surface area contributed by atoms with Crippen LogP contribution in [0, 0.1) is 5.41 Å². The van der Waals surface area contributed by atoms with Crippen LogP contribution in [0.5, 0.6) is 0 Å². The summed E-state index contributed by atoms with van der Waals surface area (Å²) in [6.07, 6.45) is -14.9. The Morgan fingerprint density at radius 3 is 1.05 bits per heavy atom. The predicted octanol–water partition coefficient (Wildman–Crippen LogP) is -7.18. The van der Waals surface area contributed by atoms with Crippen molar-refractivity contribution >= 4 is 35.4 Å². The van der Waals surface area contributed by atoms with Crippen LogP contribution < -0.4 is 31.9 Å². The molecule has 34 heteroatoms. The second kappa shape index (κ2) is 44.2. The van der Waals surface area contributed by atoms with E-state index in [4.69, 9.17) is 56.8 Å². The van der Waals surface area contributed by atoms with Gasteiger partial charge < -0.3 is 135 Å². The molecule has 1 aromatic rings. The highest BCUT2D eigenvalue weighted by molar-refractivity contribution is 5.86. The van der Waals surface area contributed by atoms with E-state index in [-0.39, 0.29) is 131 Å². The molecule has 3 aliphatic heterocycles. The minimum absolute atomic E-state index is 0.00424. The first-order valence-corrected chi connectivity index (χ1v) is 31.5. The topological polar surface area (TPSA) is 471 Å². The van der Waals surface area contributed by atoms with Gasteiger partial charge in [0.25, 0.3) is 0 Å². The van der Waals surface area contributed by atoms with E-state index < -0.39 is 166 Å². The number of aliphatic hydroxyl groups excluding tert-OH is 9. The molecule has 0 saturated carbocycles. The zero-order valence-corrected chi connectivity index (χ0v) is 54.5. The van der Waals surface area contributed by atoms with Crippen molar-refractivity contribution in [1.29, 1.82) is 0 Å². The van der Waals surface area contributed by atoms with Gasteiger partial charge in [0.1, 0.15) is 73.1 Å². The first-order chi connectivity index (χ1) is 44.9. The Morgan fingerprint density at radius 1 is 0.447 bits per heavy atom. The Labute approximate surface area is 547 Å². The minimum atomic E-state index is -1.47.